The standard InChI is InChI=1S/C8H8N2O2/c11-5-6-1-2-8(12-6)7-3-4-9-10-7/h1-4,11H,5H2,(H,9,10). The van der Waals surface area contributed by atoms with Crippen LogP contribution in [0.3, 0.4) is 0 Å². The summed E-state index contributed by atoms with van der Waals surface area (Å²) >= 11 is 0. The summed E-state index contributed by atoms with van der Waals surface area (Å²) in [6, 6.07) is 5.33. The molecule has 0 saturated heterocycles. The Morgan fingerprint density at radius 3 is 2.92 bits per heavy atom. The predicted molar refractivity (Wildman–Crippen MR) is 42.2 cm³/mol. The number of H-pyrrole nitrogens is 1. The molecule has 0 fully saturated rings. The molecular weight excluding hydrogens is 156 g/mol. The number of aromatic nitrogens is 2. The molecule has 2 heterocycles. The molecule has 62 valence electrons. The lowest BCUT2D eigenvalue weighted by Gasteiger charge is -1.89. The average Bonchev–Trinajstić information content (AvgIpc) is 2.75. The molecule has 2 rings (SSSR count). The van der Waals surface area contributed by atoms with Crippen molar-refractivity contribution in [3.63, 3.8) is 0 Å². The van der Waals surface area contributed by atoms with E-state index in [9.17, 15) is 0 Å². The fourth-order valence-electron chi connectivity index (χ4n) is 1.00. The van der Waals surface area contributed by atoms with Crippen molar-refractivity contribution in [2.75, 3.05) is 0 Å². The maximum absolute atomic E-state index is 8.73. The number of nitrogens with zero attached hydrogens (tertiary/aromatic N) is 1. The van der Waals surface area contributed by atoms with Gasteiger partial charge in [0.15, 0.2) is 5.76 Å². The van der Waals surface area contributed by atoms with Gasteiger partial charge in [0.05, 0.1) is 0 Å². The number of hydrogen-bond acceptors (Lipinski definition) is 3. The van der Waals surface area contributed by atoms with Crippen molar-refractivity contribution in [1.82, 2.24) is 10.2 Å². The lowest BCUT2D eigenvalue weighted by Crippen LogP contribution is -1.75. The van der Waals surface area contributed by atoms with E-state index in [-0.39, 0.29) is 6.61 Å². The molecule has 0 bridgehead atoms. The van der Waals surface area contributed by atoms with Gasteiger partial charge in [0.25, 0.3) is 0 Å². The van der Waals surface area contributed by atoms with E-state index in [4.69, 9.17) is 9.52 Å². The molecule has 0 aliphatic heterocycles. The van der Waals surface area contributed by atoms with Gasteiger partial charge in [0.1, 0.15) is 18.1 Å². The van der Waals surface area contributed by atoms with Gasteiger partial charge in [-0.3, -0.25) is 5.10 Å². The minimum absolute atomic E-state index is 0.0753. The highest BCUT2D eigenvalue weighted by Gasteiger charge is 2.03. The van der Waals surface area contributed by atoms with Crippen LogP contribution in [-0.2, 0) is 6.61 Å². The lowest BCUT2D eigenvalue weighted by atomic mass is 10.3. The number of aliphatic hydroxyl groups is 1. The minimum atomic E-state index is -0.0753. The summed E-state index contributed by atoms with van der Waals surface area (Å²) in [5, 5.41) is 15.3. The number of furan rings is 1. The van der Waals surface area contributed by atoms with Crippen LogP contribution in [0.4, 0.5) is 0 Å². The molecule has 0 aromatic carbocycles. The summed E-state index contributed by atoms with van der Waals surface area (Å²) in [6.45, 7) is -0.0753. The topological polar surface area (TPSA) is 62.1 Å². The first kappa shape index (κ1) is 7.12. The Hall–Kier alpha value is -1.55. The van der Waals surface area contributed by atoms with E-state index in [2.05, 4.69) is 10.2 Å². The zero-order valence-electron chi connectivity index (χ0n) is 6.32. The highest BCUT2D eigenvalue weighted by atomic mass is 16.4. The van der Waals surface area contributed by atoms with Crippen LogP contribution in [-0.4, -0.2) is 15.3 Å². The molecule has 2 aromatic rings. The average molecular weight is 164 g/mol. The van der Waals surface area contributed by atoms with Crippen molar-refractivity contribution in [3.05, 3.63) is 30.2 Å². The van der Waals surface area contributed by atoms with Crippen molar-refractivity contribution in [1.29, 1.82) is 0 Å². The SMILES string of the molecule is OCc1ccc(-c2ccn[nH]2)o1. The number of nitrogens with one attached hydrogen (secondary N) is 1. The third kappa shape index (κ3) is 1.12. The Balaban J connectivity index is 2.35. The van der Waals surface area contributed by atoms with Crippen LogP contribution in [0.15, 0.2) is 28.8 Å². The summed E-state index contributed by atoms with van der Waals surface area (Å²) in [5.74, 6) is 1.25. The molecule has 4 heteroatoms. The fraction of sp³-hybridized carbons (Fsp3) is 0.125. The van der Waals surface area contributed by atoms with Crippen LogP contribution >= 0.6 is 0 Å². The van der Waals surface area contributed by atoms with Gasteiger partial charge >= 0.3 is 0 Å². The molecule has 0 spiro atoms. The van der Waals surface area contributed by atoms with E-state index >= 15 is 0 Å². The zero-order chi connectivity index (χ0) is 8.39. The van der Waals surface area contributed by atoms with Gasteiger partial charge in [0.2, 0.25) is 0 Å². The fourth-order valence-corrected chi connectivity index (χ4v) is 1.00. The van der Waals surface area contributed by atoms with E-state index in [0.29, 0.717) is 11.5 Å². The van der Waals surface area contributed by atoms with Crippen LogP contribution in [0.1, 0.15) is 5.76 Å². The van der Waals surface area contributed by atoms with E-state index < -0.39 is 0 Å². The van der Waals surface area contributed by atoms with E-state index in [0.717, 1.165) is 5.69 Å². The quantitative estimate of drug-likeness (QED) is 0.700. The van der Waals surface area contributed by atoms with Gasteiger partial charge in [-0.25, -0.2) is 0 Å². The molecule has 0 unspecified atom stereocenters. The van der Waals surface area contributed by atoms with Gasteiger partial charge in [-0.1, -0.05) is 0 Å². The van der Waals surface area contributed by atoms with Crippen LogP contribution < -0.4 is 0 Å². The first-order chi connectivity index (χ1) is 5.90. The Labute approximate surface area is 68.8 Å². The Morgan fingerprint density at radius 2 is 2.33 bits per heavy atom. The highest BCUT2D eigenvalue weighted by Crippen LogP contribution is 2.18. The number of aliphatic hydroxyl groups excluding tert-OH is 1. The first-order valence-electron chi connectivity index (χ1n) is 3.59. The molecule has 4 nitrogen and oxygen atoms in total. The molecule has 12 heavy (non-hydrogen) atoms. The number of hydrogen-bond donors (Lipinski definition) is 2. The summed E-state index contributed by atoms with van der Waals surface area (Å²) in [6.07, 6.45) is 1.65. The van der Waals surface area contributed by atoms with Crippen molar-refractivity contribution in [3.8, 4) is 11.5 Å². The summed E-state index contributed by atoms with van der Waals surface area (Å²) in [4.78, 5) is 0. The number of aromatic amines is 1. The minimum Gasteiger partial charge on any atom is -0.457 e. The van der Waals surface area contributed by atoms with Crippen LogP contribution in [0, 0.1) is 0 Å². The van der Waals surface area contributed by atoms with Gasteiger partial charge in [-0.15, -0.1) is 0 Å². The van der Waals surface area contributed by atoms with Crippen molar-refractivity contribution < 1.29 is 9.52 Å². The van der Waals surface area contributed by atoms with E-state index in [1.807, 2.05) is 0 Å². The van der Waals surface area contributed by atoms with Crippen LogP contribution in [0.25, 0.3) is 11.5 Å². The van der Waals surface area contributed by atoms with E-state index in [1.165, 1.54) is 0 Å². The monoisotopic (exact) mass is 164 g/mol. The summed E-state index contributed by atoms with van der Waals surface area (Å²) in [5.41, 5.74) is 0.815. The van der Waals surface area contributed by atoms with Crippen molar-refractivity contribution >= 4 is 0 Å². The molecule has 2 aromatic heterocycles. The lowest BCUT2D eigenvalue weighted by molar-refractivity contribution is 0.248. The molecule has 0 aliphatic rings. The first-order valence-corrected chi connectivity index (χ1v) is 3.59. The highest BCUT2D eigenvalue weighted by molar-refractivity contribution is 5.50. The zero-order valence-corrected chi connectivity index (χ0v) is 6.32. The van der Waals surface area contributed by atoms with Gasteiger partial charge in [0, 0.05) is 6.20 Å². The third-order valence-electron chi connectivity index (χ3n) is 1.58. The second-order valence-corrected chi connectivity index (χ2v) is 2.39. The molecular formula is C8H8N2O2. The summed E-state index contributed by atoms with van der Waals surface area (Å²) in [7, 11) is 0. The summed E-state index contributed by atoms with van der Waals surface area (Å²) < 4.78 is 5.26. The normalized spacial score (nSPS) is 10.4. The van der Waals surface area contributed by atoms with Gasteiger partial charge in [-0.2, -0.15) is 5.10 Å². The van der Waals surface area contributed by atoms with E-state index in [1.54, 1.807) is 24.4 Å². The molecule has 0 radical (unpaired) electrons. The van der Waals surface area contributed by atoms with Crippen LogP contribution in [0.2, 0.25) is 0 Å². The maximum Gasteiger partial charge on any atom is 0.152 e. The molecule has 0 aliphatic carbocycles. The Bertz CT molecular complexity index is 351. The smallest absolute Gasteiger partial charge is 0.152 e. The predicted octanol–water partition coefficient (Wildman–Crippen LogP) is 1.16. The Kier molecular flexibility index (Phi) is 1.68. The second kappa shape index (κ2) is 2.83. The molecule has 0 atom stereocenters. The molecule has 0 saturated carbocycles. The van der Waals surface area contributed by atoms with Crippen LogP contribution in [0.5, 0.6) is 0 Å². The molecule has 2 N–H and O–H groups in total. The van der Waals surface area contributed by atoms with Crippen molar-refractivity contribution in [2.45, 2.75) is 6.61 Å². The van der Waals surface area contributed by atoms with Crippen molar-refractivity contribution in [2.24, 2.45) is 0 Å². The third-order valence-corrected chi connectivity index (χ3v) is 1.58. The Morgan fingerprint density at radius 1 is 1.42 bits per heavy atom. The number of rotatable bonds is 2. The van der Waals surface area contributed by atoms with Gasteiger partial charge < -0.3 is 9.52 Å². The second-order valence-electron chi connectivity index (χ2n) is 2.39. The van der Waals surface area contributed by atoms with Gasteiger partial charge in [-0.05, 0) is 18.2 Å². The largest absolute Gasteiger partial charge is 0.457 e. The maximum atomic E-state index is 8.73. The molecule has 0 amide bonds.